The summed E-state index contributed by atoms with van der Waals surface area (Å²) in [5.74, 6) is 0.998. The van der Waals surface area contributed by atoms with Crippen LogP contribution in [0, 0.1) is 5.82 Å². The molecule has 24 heavy (non-hydrogen) atoms. The number of hydrogen-bond donors (Lipinski definition) is 2. The highest BCUT2D eigenvalue weighted by molar-refractivity contribution is 7.98. The molecule has 3 aromatic rings. The number of anilines is 1. The van der Waals surface area contributed by atoms with Crippen molar-refractivity contribution in [2.24, 2.45) is 5.10 Å². The molecular formula is C17H16FN5S. The van der Waals surface area contributed by atoms with Crippen LogP contribution in [-0.4, -0.2) is 20.9 Å². The molecule has 0 unspecified atom stereocenters. The van der Waals surface area contributed by atoms with Gasteiger partial charge in [0, 0.05) is 5.75 Å². The minimum absolute atomic E-state index is 0.269. The molecule has 0 amide bonds. The van der Waals surface area contributed by atoms with Crippen molar-refractivity contribution >= 4 is 23.4 Å². The van der Waals surface area contributed by atoms with Gasteiger partial charge in [-0.1, -0.05) is 54.2 Å². The number of benzene rings is 2. The smallest absolute Gasteiger partial charge is 0.240 e. The van der Waals surface area contributed by atoms with Gasteiger partial charge in [-0.3, -0.25) is 0 Å². The average Bonchev–Trinajstić information content (AvgIpc) is 3.07. The Labute approximate surface area is 143 Å². The van der Waals surface area contributed by atoms with Crippen LogP contribution in [0.2, 0.25) is 0 Å². The van der Waals surface area contributed by atoms with E-state index in [1.54, 1.807) is 23.9 Å². The molecule has 2 N–H and O–H groups in total. The molecule has 0 atom stereocenters. The Morgan fingerprint density at radius 3 is 2.67 bits per heavy atom. The third-order valence-electron chi connectivity index (χ3n) is 3.27. The summed E-state index contributed by atoms with van der Waals surface area (Å²) in [7, 11) is 0. The number of nitrogens with zero attached hydrogens (tertiary/aromatic N) is 3. The second-order valence-corrected chi connectivity index (χ2v) is 6.00. The van der Waals surface area contributed by atoms with Crippen LogP contribution < -0.4 is 5.43 Å². The predicted molar refractivity (Wildman–Crippen MR) is 94.6 cm³/mol. The van der Waals surface area contributed by atoms with Crippen LogP contribution in [0.25, 0.3) is 0 Å². The Bertz CT molecular complexity index is 815. The Morgan fingerprint density at radius 2 is 1.92 bits per heavy atom. The molecule has 0 spiro atoms. The Balaban J connectivity index is 1.57. The standard InChI is InChI=1S/C17H16FN5S/c1-12(14-7-9-15(18)10-8-14)20-21-16-19-17(23-22-16)24-11-13-5-3-2-4-6-13/h2-10H,11H2,1H3,(H2,19,21,22,23)/b20-12+. The average molecular weight is 341 g/mol. The molecule has 7 heteroatoms. The number of thioether (sulfide) groups is 1. The van der Waals surface area contributed by atoms with E-state index >= 15 is 0 Å². The van der Waals surface area contributed by atoms with E-state index in [0.717, 1.165) is 17.0 Å². The monoisotopic (exact) mass is 341 g/mol. The lowest BCUT2D eigenvalue weighted by Gasteiger charge is -2.00. The molecule has 0 aliphatic carbocycles. The van der Waals surface area contributed by atoms with Crippen LogP contribution in [0.1, 0.15) is 18.1 Å². The minimum atomic E-state index is -0.269. The van der Waals surface area contributed by atoms with Gasteiger partial charge in [0.2, 0.25) is 11.1 Å². The van der Waals surface area contributed by atoms with E-state index < -0.39 is 0 Å². The van der Waals surface area contributed by atoms with Crippen LogP contribution in [0.3, 0.4) is 0 Å². The topological polar surface area (TPSA) is 66.0 Å². The van der Waals surface area contributed by atoms with E-state index in [4.69, 9.17) is 0 Å². The molecule has 0 radical (unpaired) electrons. The van der Waals surface area contributed by atoms with Gasteiger partial charge in [0.1, 0.15) is 5.82 Å². The summed E-state index contributed by atoms with van der Waals surface area (Å²) >= 11 is 1.54. The van der Waals surface area contributed by atoms with Gasteiger partial charge >= 0.3 is 0 Å². The number of hydrazone groups is 1. The summed E-state index contributed by atoms with van der Waals surface area (Å²) in [4.78, 5) is 4.32. The van der Waals surface area contributed by atoms with E-state index in [2.05, 4.69) is 37.8 Å². The van der Waals surface area contributed by atoms with Gasteiger partial charge in [0.05, 0.1) is 5.71 Å². The fourth-order valence-electron chi connectivity index (χ4n) is 1.98. The largest absolute Gasteiger partial charge is 0.245 e. The van der Waals surface area contributed by atoms with Gasteiger partial charge < -0.3 is 0 Å². The fourth-order valence-corrected chi connectivity index (χ4v) is 2.73. The number of nitrogens with one attached hydrogen (secondary N) is 2. The summed E-state index contributed by atoms with van der Waals surface area (Å²) < 4.78 is 12.9. The molecule has 0 aliphatic heterocycles. The van der Waals surface area contributed by atoms with Crippen LogP contribution >= 0.6 is 11.8 Å². The fraction of sp³-hybridized carbons (Fsp3) is 0.118. The Kier molecular flexibility index (Phi) is 5.22. The van der Waals surface area contributed by atoms with Crippen molar-refractivity contribution in [3.8, 4) is 0 Å². The number of rotatable bonds is 6. The molecule has 122 valence electrons. The van der Waals surface area contributed by atoms with Crippen molar-refractivity contribution in [3.63, 3.8) is 0 Å². The zero-order valence-electron chi connectivity index (χ0n) is 13.0. The van der Waals surface area contributed by atoms with Crippen LogP contribution in [0.4, 0.5) is 10.3 Å². The van der Waals surface area contributed by atoms with Gasteiger partial charge in [-0.2, -0.15) is 10.1 Å². The van der Waals surface area contributed by atoms with Crippen molar-refractivity contribution in [1.29, 1.82) is 0 Å². The van der Waals surface area contributed by atoms with Gasteiger partial charge in [-0.15, -0.1) is 5.10 Å². The summed E-state index contributed by atoms with van der Waals surface area (Å²) in [6.07, 6.45) is 0. The van der Waals surface area contributed by atoms with E-state index in [0.29, 0.717) is 11.1 Å². The van der Waals surface area contributed by atoms with Crippen molar-refractivity contribution in [2.75, 3.05) is 5.43 Å². The highest BCUT2D eigenvalue weighted by Gasteiger charge is 2.04. The van der Waals surface area contributed by atoms with Gasteiger partial charge in [0.25, 0.3) is 0 Å². The second kappa shape index (κ2) is 7.74. The Hall–Kier alpha value is -2.67. The maximum Gasteiger partial charge on any atom is 0.240 e. The maximum atomic E-state index is 12.9. The number of aromatic nitrogens is 3. The second-order valence-electron chi connectivity index (χ2n) is 5.06. The van der Waals surface area contributed by atoms with E-state index in [-0.39, 0.29) is 5.82 Å². The first kappa shape index (κ1) is 16.2. The number of H-pyrrole nitrogens is 1. The minimum Gasteiger partial charge on any atom is -0.245 e. The van der Waals surface area contributed by atoms with Gasteiger partial charge in [0.15, 0.2) is 0 Å². The zero-order chi connectivity index (χ0) is 16.8. The summed E-state index contributed by atoms with van der Waals surface area (Å²) in [5.41, 5.74) is 5.60. The molecule has 3 rings (SSSR count). The Morgan fingerprint density at radius 1 is 1.17 bits per heavy atom. The molecule has 2 aromatic carbocycles. The molecule has 0 aliphatic rings. The quantitative estimate of drug-likeness (QED) is 0.403. The first-order valence-electron chi connectivity index (χ1n) is 7.36. The number of halogens is 1. The lowest BCUT2D eigenvalue weighted by atomic mass is 10.1. The molecule has 0 fully saturated rings. The van der Waals surface area contributed by atoms with E-state index in [1.807, 2.05) is 25.1 Å². The van der Waals surface area contributed by atoms with Gasteiger partial charge in [-0.05, 0) is 30.2 Å². The first-order chi connectivity index (χ1) is 11.7. The van der Waals surface area contributed by atoms with Crippen LogP contribution in [-0.2, 0) is 5.75 Å². The normalized spacial score (nSPS) is 11.5. The summed E-state index contributed by atoms with van der Waals surface area (Å²) in [6.45, 7) is 1.83. The van der Waals surface area contributed by atoms with E-state index in [9.17, 15) is 4.39 Å². The summed E-state index contributed by atoms with van der Waals surface area (Å²) in [5, 5.41) is 11.8. The highest BCUT2D eigenvalue weighted by atomic mass is 32.2. The van der Waals surface area contributed by atoms with Crippen molar-refractivity contribution in [1.82, 2.24) is 15.2 Å². The molecule has 0 bridgehead atoms. The van der Waals surface area contributed by atoms with Crippen LogP contribution in [0.5, 0.6) is 0 Å². The van der Waals surface area contributed by atoms with Crippen molar-refractivity contribution in [3.05, 3.63) is 71.5 Å². The highest BCUT2D eigenvalue weighted by Crippen LogP contribution is 2.19. The molecule has 1 aromatic heterocycles. The zero-order valence-corrected chi connectivity index (χ0v) is 13.8. The summed E-state index contributed by atoms with van der Waals surface area (Å²) in [6, 6.07) is 16.3. The molecule has 5 nitrogen and oxygen atoms in total. The number of aromatic amines is 1. The number of hydrogen-bond acceptors (Lipinski definition) is 5. The molecule has 0 saturated heterocycles. The molecule has 0 saturated carbocycles. The predicted octanol–water partition coefficient (Wildman–Crippen LogP) is 4.07. The van der Waals surface area contributed by atoms with Gasteiger partial charge in [-0.25, -0.2) is 14.9 Å². The molecule has 1 heterocycles. The van der Waals surface area contributed by atoms with Crippen molar-refractivity contribution in [2.45, 2.75) is 17.8 Å². The van der Waals surface area contributed by atoms with Crippen molar-refractivity contribution < 1.29 is 4.39 Å². The maximum absolute atomic E-state index is 12.9. The molecular weight excluding hydrogens is 325 g/mol. The third-order valence-corrected chi connectivity index (χ3v) is 4.19. The van der Waals surface area contributed by atoms with Crippen LogP contribution in [0.15, 0.2) is 64.9 Å². The third kappa shape index (κ3) is 4.42. The SMILES string of the molecule is C/C(=N\Nc1nc(SCc2ccccc2)n[nH]1)c1ccc(F)cc1. The lowest BCUT2D eigenvalue weighted by molar-refractivity contribution is 0.628. The first-order valence-corrected chi connectivity index (χ1v) is 8.34. The lowest BCUT2D eigenvalue weighted by Crippen LogP contribution is -2.00. The van der Waals surface area contributed by atoms with E-state index in [1.165, 1.54) is 17.7 Å².